The number of hydrogen-bond donors (Lipinski definition) is 0. The van der Waals surface area contributed by atoms with Crippen molar-refractivity contribution < 1.29 is 9.53 Å². The molecule has 0 radical (unpaired) electrons. The molecule has 1 aliphatic heterocycles. The predicted molar refractivity (Wildman–Crippen MR) is 81.2 cm³/mol. The van der Waals surface area contributed by atoms with Gasteiger partial charge in [-0.2, -0.15) is 0 Å². The summed E-state index contributed by atoms with van der Waals surface area (Å²) in [5, 5.41) is 1.06. The Bertz CT molecular complexity index is 231. The summed E-state index contributed by atoms with van der Waals surface area (Å²) in [5.74, 6) is 2.17. The number of carbonyl (C=O) groups is 1. The number of thioether (sulfide) groups is 2. The lowest BCUT2D eigenvalue weighted by Crippen LogP contribution is -2.36. The van der Waals surface area contributed by atoms with Crippen LogP contribution >= 0.6 is 39.5 Å². The van der Waals surface area contributed by atoms with E-state index in [0.717, 1.165) is 29.7 Å². The zero-order chi connectivity index (χ0) is 12.6. The smallest absolute Gasteiger partial charge is 0.332 e. The Morgan fingerprint density at radius 2 is 2.00 bits per heavy atom. The van der Waals surface area contributed by atoms with Gasteiger partial charge in [-0.05, 0) is 37.7 Å². The maximum Gasteiger partial charge on any atom is 0.332 e. The largest absolute Gasteiger partial charge is 0.464 e. The Labute approximate surface area is 121 Å². The van der Waals surface area contributed by atoms with Crippen LogP contribution in [0.4, 0.5) is 0 Å². The van der Waals surface area contributed by atoms with Crippen molar-refractivity contribution in [2.75, 3.05) is 23.4 Å². The number of carbonyl (C=O) groups excluding carboxylic acids is 1. The normalized spacial score (nSPS) is 18.9. The zero-order valence-corrected chi connectivity index (χ0v) is 13.6. The van der Waals surface area contributed by atoms with Gasteiger partial charge in [-0.15, -0.1) is 23.5 Å². The van der Waals surface area contributed by atoms with Crippen molar-refractivity contribution in [3.8, 4) is 0 Å². The molecule has 0 aromatic rings. The van der Waals surface area contributed by atoms with Gasteiger partial charge >= 0.3 is 5.97 Å². The highest BCUT2D eigenvalue weighted by Gasteiger charge is 2.42. The number of alkyl halides is 1. The number of hydrogen-bond acceptors (Lipinski definition) is 4. The molecule has 17 heavy (non-hydrogen) atoms. The minimum absolute atomic E-state index is 0.00598. The van der Waals surface area contributed by atoms with Gasteiger partial charge in [-0.25, -0.2) is 4.79 Å². The molecule has 0 bridgehead atoms. The molecular weight excluding hydrogens is 320 g/mol. The molecule has 0 atom stereocenters. The summed E-state index contributed by atoms with van der Waals surface area (Å²) in [6, 6.07) is 0. The monoisotopic (exact) mass is 340 g/mol. The molecule has 1 fully saturated rings. The number of rotatable bonds is 7. The third-order valence-corrected chi connectivity index (χ3v) is 6.61. The summed E-state index contributed by atoms with van der Waals surface area (Å²) in [6.07, 6.45) is 5.65. The molecule has 1 rings (SSSR count). The van der Waals surface area contributed by atoms with E-state index < -0.39 is 0 Å². The molecule has 1 saturated heterocycles. The Balaban J connectivity index is 2.49. The van der Waals surface area contributed by atoms with E-state index in [-0.39, 0.29) is 10.0 Å². The zero-order valence-electron chi connectivity index (χ0n) is 10.4. The Hall–Kier alpha value is 0.650. The summed E-state index contributed by atoms with van der Waals surface area (Å²) >= 11 is 7.03. The molecule has 0 saturated carbocycles. The first-order chi connectivity index (χ1) is 8.25. The van der Waals surface area contributed by atoms with Gasteiger partial charge in [0.1, 0.15) is 0 Å². The highest BCUT2D eigenvalue weighted by Crippen LogP contribution is 2.46. The number of esters is 1. The lowest BCUT2D eigenvalue weighted by Gasteiger charge is -2.33. The molecule has 0 aromatic heterocycles. The van der Waals surface area contributed by atoms with Crippen LogP contribution in [0.1, 0.15) is 39.0 Å². The van der Waals surface area contributed by atoms with Gasteiger partial charge in [0.05, 0.1) is 6.61 Å². The van der Waals surface area contributed by atoms with E-state index in [2.05, 4.69) is 15.9 Å². The van der Waals surface area contributed by atoms with Crippen LogP contribution in [0.15, 0.2) is 0 Å². The van der Waals surface area contributed by atoms with Crippen molar-refractivity contribution in [3.05, 3.63) is 0 Å². The fourth-order valence-corrected chi connectivity index (χ4v) is 5.39. The quantitative estimate of drug-likeness (QED) is 0.396. The van der Waals surface area contributed by atoms with Crippen molar-refractivity contribution >= 4 is 45.4 Å². The molecule has 0 amide bonds. The molecule has 100 valence electrons. The minimum atomic E-state index is -0.305. The van der Waals surface area contributed by atoms with E-state index in [1.807, 2.05) is 6.92 Å². The second-order valence-electron chi connectivity index (χ2n) is 4.02. The highest BCUT2D eigenvalue weighted by atomic mass is 79.9. The third kappa shape index (κ3) is 5.03. The average molecular weight is 341 g/mol. The van der Waals surface area contributed by atoms with E-state index in [0.29, 0.717) is 6.61 Å². The fraction of sp³-hybridized carbons (Fsp3) is 0.917. The second-order valence-corrected chi connectivity index (χ2v) is 7.86. The van der Waals surface area contributed by atoms with Crippen molar-refractivity contribution in [3.63, 3.8) is 0 Å². The summed E-state index contributed by atoms with van der Waals surface area (Å²) in [4.78, 5) is 12.1. The second kappa shape index (κ2) is 8.70. The Morgan fingerprint density at radius 1 is 1.29 bits per heavy atom. The first kappa shape index (κ1) is 15.7. The van der Waals surface area contributed by atoms with E-state index in [1.165, 1.54) is 19.3 Å². The molecule has 1 aliphatic rings. The van der Waals surface area contributed by atoms with Gasteiger partial charge in [0, 0.05) is 5.33 Å². The molecule has 0 spiro atoms. The van der Waals surface area contributed by atoms with E-state index >= 15 is 0 Å². The van der Waals surface area contributed by atoms with Crippen LogP contribution in [-0.4, -0.2) is 33.5 Å². The van der Waals surface area contributed by atoms with Gasteiger partial charge < -0.3 is 4.74 Å². The standard InChI is InChI=1S/C12H21BrO2S2/c1-2-15-11(14)12(7-4-3-5-8-13)16-9-6-10-17-12/h2-10H2,1H3. The topological polar surface area (TPSA) is 26.3 Å². The van der Waals surface area contributed by atoms with Gasteiger partial charge in [-0.3, -0.25) is 0 Å². The van der Waals surface area contributed by atoms with Crippen LogP contribution < -0.4 is 0 Å². The van der Waals surface area contributed by atoms with Crippen LogP contribution in [-0.2, 0) is 9.53 Å². The maximum atomic E-state index is 12.1. The summed E-state index contributed by atoms with van der Waals surface area (Å²) < 4.78 is 4.95. The SMILES string of the molecule is CCOC(=O)C1(CCCCCBr)SCCCS1. The highest BCUT2D eigenvalue weighted by molar-refractivity contribution is 9.09. The van der Waals surface area contributed by atoms with Crippen LogP contribution in [0.5, 0.6) is 0 Å². The summed E-state index contributed by atoms with van der Waals surface area (Å²) in [5.41, 5.74) is 0. The Morgan fingerprint density at radius 3 is 2.59 bits per heavy atom. The maximum absolute atomic E-state index is 12.1. The molecule has 0 aromatic carbocycles. The number of ether oxygens (including phenoxy) is 1. The lowest BCUT2D eigenvalue weighted by molar-refractivity contribution is -0.143. The Kier molecular flexibility index (Phi) is 8.04. The third-order valence-electron chi connectivity index (χ3n) is 2.69. The van der Waals surface area contributed by atoms with E-state index in [1.54, 1.807) is 23.5 Å². The molecule has 0 aliphatic carbocycles. The van der Waals surface area contributed by atoms with E-state index in [4.69, 9.17) is 4.74 Å². The molecule has 2 nitrogen and oxygen atoms in total. The minimum Gasteiger partial charge on any atom is -0.464 e. The predicted octanol–water partition coefficient (Wildman–Crippen LogP) is 4.07. The first-order valence-electron chi connectivity index (χ1n) is 6.26. The van der Waals surface area contributed by atoms with Crippen LogP contribution in [0, 0.1) is 0 Å². The molecular formula is C12H21BrO2S2. The first-order valence-corrected chi connectivity index (χ1v) is 9.35. The van der Waals surface area contributed by atoms with Crippen LogP contribution in [0.3, 0.4) is 0 Å². The van der Waals surface area contributed by atoms with Crippen molar-refractivity contribution in [2.24, 2.45) is 0 Å². The van der Waals surface area contributed by atoms with Gasteiger partial charge in [0.25, 0.3) is 0 Å². The van der Waals surface area contributed by atoms with Gasteiger partial charge in [0.2, 0.25) is 0 Å². The van der Waals surface area contributed by atoms with Crippen LogP contribution in [0.2, 0.25) is 0 Å². The van der Waals surface area contributed by atoms with Crippen molar-refractivity contribution in [1.29, 1.82) is 0 Å². The fourth-order valence-electron chi connectivity index (χ4n) is 1.81. The number of halogens is 1. The molecule has 0 unspecified atom stereocenters. The van der Waals surface area contributed by atoms with E-state index in [9.17, 15) is 4.79 Å². The van der Waals surface area contributed by atoms with Crippen LogP contribution in [0.25, 0.3) is 0 Å². The lowest BCUT2D eigenvalue weighted by atomic mass is 10.1. The molecule has 1 heterocycles. The van der Waals surface area contributed by atoms with Crippen molar-refractivity contribution in [2.45, 2.75) is 43.1 Å². The van der Waals surface area contributed by atoms with Gasteiger partial charge in [0.15, 0.2) is 4.08 Å². The van der Waals surface area contributed by atoms with Gasteiger partial charge in [-0.1, -0.05) is 28.8 Å². The molecule has 0 N–H and O–H groups in total. The molecule has 5 heteroatoms. The average Bonchev–Trinajstić information content (AvgIpc) is 2.36. The number of unbranched alkanes of at least 4 members (excludes halogenated alkanes) is 2. The summed E-state index contributed by atoms with van der Waals surface area (Å²) in [7, 11) is 0. The summed E-state index contributed by atoms with van der Waals surface area (Å²) in [6.45, 7) is 2.37. The van der Waals surface area contributed by atoms with Crippen molar-refractivity contribution in [1.82, 2.24) is 0 Å².